The summed E-state index contributed by atoms with van der Waals surface area (Å²) in [7, 11) is -1.21. The van der Waals surface area contributed by atoms with Crippen LogP contribution in [0.4, 0.5) is 0 Å². The molecule has 1 heterocycles. The molecule has 0 aromatic heterocycles. The molecule has 0 saturated carbocycles. The highest BCUT2D eigenvalue weighted by Gasteiger charge is 2.17. The van der Waals surface area contributed by atoms with Crippen molar-refractivity contribution in [2.75, 3.05) is 12.8 Å². The van der Waals surface area contributed by atoms with Crippen molar-refractivity contribution in [1.29, 1.82) is 0 Å². The summed E-state index contributed by atoms with van der Waals surface area (Å²) in [6, 6.07) is 8.41. The van der Waals surface area contributed by atoms with Crippen molar-refractivity contribution in [2.45, 2.75) is 6.04 Å². The summed E-state index contributed by atoms with van der Waals surface area (Å²) >= 11 is 15.6. The van der Waals surface area contributed by atoms with Crippen LogP contribution in [0.2, 0.25) is 16.1 Å². The number of amides is 1. The van der Waals surface area contributed by atoms with Gasteiger partial charge >= 0.3 is 0 Å². The zero-order valence-corrected chi connectivity index (χ0v) is 16.9. The van der Waals surface area contributed by atoms with Gasteiger partial charge < -0.3 is 14.6 Å². The predicted molar refractivity (Wildman–Crippen MR) is 100 cm³/mol. The predicted octanol–water partition coefficient (Wildman–Crippen LogP) is 5.22. The van der Waals surface area contributed by atoms with E-state index < -0.39 is 14.5 Å². The molecule has 9 heteroatoms. The minimum absolute atomic E-state index is 0.0752. The number of carbonyl (C=O) groups is 1. The minimum atomic E-state index is -1.21. The Morgan fingerprint density at radius 3 is 2.64 bits per heavy atom. The smallest absolute Gasteiger partial charge is 0.271 e. The molecule has 1 aliphatic heterocycles. The lowest BCUT2D eigenvalue weighted by Crippen LogP contribution is -2.06. The zero-order valence-electron chi connectivity index (χ0n) is 12.8. The largest absolute Gasteiger partial charge is 0.507 e. The van der Waals surface area contributed by atoms with Gasteiger partial charge in [-0.05, 0) is 36.4 Å². The van der Waals surface area contributed by atoms with Gasteiger partial charge in [-0.3, -0.25) is 9.43 Å². The van der Waals surface area contributed by atoms with Gasteiger partial charge in [-0.15, -0.1) is 0 Å². The van der Waals surface area contributed by atoms with Crippen LogP contribution >= 0.6 is 39.1 Å². The van der Waals surface area contributed by atoms with E-state index in [0.717, 1.165) is 10.5 Å². The number of benzene rings is 2. The Morgan fingerprint density at radius 1 is 1.28 bits per heavy atom. The average molecular weight is 461 g/mol. The molecule has 1 fully saturated rings. The summed E-state index contributed by atoms with van der Waals surface area (Å²) in [5.74, 6) is -0.0445. The maximum absolute atomic E-state index is 12.3. The maximum Gasteiger partial charge on any atom is 0.271 e. The van der Waals surface area contributed by atoms with Crippen LogP contribution in [0.1, 0.15) is 10.4 Å². The molecule has 1 amide bonds. The van der Waals surface area contributed by atoms with Crippen molar-refractivity contribution < 1.29 is 19.4 Å². The summed E-state index contributed by atoms with van der Waals surface area (Å²) in [5.41, 5.74) is 0.0752. The lowest BCUT2D eigenvalue weighted by atomic mass is 10.2. The standard InChI is InChI=1S/C16H12BrCl2NO4Si/c17-9-5-12(18)15(13(19)6-9)24-10-1-2-14(21)11(7-10)16(22)20-25-4-3-23-8-25/h1-2,5-7,21H,3-4,8H2. The Labute approximate surface area is 163 Å². The molecule has 2 aromatic rings. The molecule has 2 aromatic carbocycles. The van der Waals surface area contributed by atoms with E-state index in [2.05, 4.69) is 20.6 Å². The first-order chi connectivity index (χ1) is 11.9. The first-order valence-corrected chi connectivity index (χ1v) is 10.7. The number of phenols is 1. The molecule has 1 saturated heterocycles. The number of ether oxygens (including phenoxy) is 2. The zero-order chi connectivity index (χ0) is 18.0. The third-order valence-electron chi connectivity index (χ3n) is 3.44. The highest BCUT2D eigenvalue weighted by molar-refractivity contribution is 9.10. The Kier molecular flexibility index (Phi) is 5.91. The second kappa shape index (κ2) is 7.97. The first-order valence-electron chi connectivity index (χ1n) is 7.28. The van der Waals surface area contributed by atoms with Crippen LogP contribution in [0.3, 0.4) is 0 Å². The molecular weight excluding hydrogens is 449 g/mol. The molecule has 1 N–H and O–H groups in total. The highest BCUT2D eigenvalue weighted by atomic mass is 79.9. The van der Waals surface area contributed by atoms with Gasteiger partial charge in [0.15, 0.2) is 14.3 Å². The number of hydrogen-bond acceptors (Lipinski definition) is 4. The van der Waals surface area contributed by atoms with Crippen molar-refractivity contribution in [1.82, 2.24) is 0 Å². The minimum Gasteiger partial charge on any atom is -0.507 e. The third-order valence-corrected chi connectivity index (χ3v) is 6.30. The van der Waals surface area contributed by atoms with Gasteiger partial charge in [-0.2, -0.15) is 0 Å². The number of nitrogens with zero attached hydrogens (tertiary/aromatic N) is 1. The molecule has 0 spiro atoms. The quantitative estimate of drug-likeness (QED) is 0.637. The number of hydrogen-bond donors (Lipinski definition) is 1. The van der Waals surface area contributed by atoms with Gasteiger partial charge in [-0.25, -0.2) is 0 Å². The van der Waals surface area contributed by atoms with Crippen LogP contribution < -0.4 is 4.74 Å². The van der Waals surface area contributed by atoms with Crippen molar-refractivity contribution in [3.05, 3.63) is 50.4 Å². The molecule has 25 heavy (non-hydrogen) atoms. The second-order valence-corrected chi connectivity index (χ2v) is 9.14. The SMILES string of the molecule is O=C(N=[Si]1CCOC1)c1cc(Oc2c(Cl)cc(Br)cc2Cl)ccc1O. The lowest BCUT2D eigenvalue weighted by molar-refractivity contribution is 0.100. The molecule has 3 rings (SSSR count). The van der Waals surface area contributed by atoms with Crippen LogP contribution in [0.5, 0.6) is 17.2 Å². The highest BCUT2D eigenvalue weighted by Crippen LogP contribution is 2.39. The average Bonchev–Trinajstić information content (AvgIpc) is 3.05. The number of carbonyl (C=O) groups excluding carboxylic acids is 1. The molecule has 5 nitrogen and oxygen atoms in total. The van der Waals surface area contributed by atoms with Crippen LogP contribution in [-0.2, 0) is 4.74 Å². The van der Waals surface area contributed by atoms with Crippen LogP contribution in [0.25, 0.3) is 0 Å². The van der Waals surface area contributed by atoms with E-state index in [9.17, 15) is 9.90 Å². The molecule has 0 atom stereocenters. The number of rotatable bonds is 3. The fraction of sp³-hybridized carbons (Fsp3) is 0.188. The maximum atomic E-state index is 12.3. The van der Waals surface area contributed by atoms with E-state index in [0.29, 0.717) is 28.6 Å². The lowest BCUT2D eigenvalue weighted by Gasteiger charge is -2.11. The van der Waals surface area contributed by atoms with E-state index in [4.69, 9.17) is 32.7 Å². The summed E-state index contributed by atoms with van der Waals surface area (Å²) in [6.07, 6.45) is 0.511. The Morgan fingerprint density at radius 2 is 2.00 bits per heavy atom. The molecule has 0 aliphatic carbocycles. The van der Waals surface area contributed by atoms with Crippen LogP contribution in [-0.4, -0.2) is 32.4 Å². The molecule has 0 bridgehead atoms. The monoisotopic (exact) mass is 459 g/mol. The van der Waals surface area contributed by atoms with Crippen LogP contribution in [0, 0.1) is 0 Å². The van der Waals surface area contributed by atoms with Gasteiger partial charge in [0.1, 0.15) is 11.5 Å². The molecule has 130 valence electrons. The Bertz CT molecular complexity index is 844. The van der Waals surface area contributed by atoms with E-state index in [1.807, 2.05) is 0 Å². The first kappa shape index (κ1) is 18.5. The van der Waals surface area contributed by atoms with Gasteiger partial charge in [-0.1, -0.05) is 39.1 Å². The fourth-order valence-electron chi connectivity index (χ4n) is 2.24. The van der Waals surface area contributed by atoms with Crippen molar-refractivity contribution in [3.63, 3.8) is 0 Å². The van der Waals surface area contributed by atoms with E-state index >= 15 is 0 Å². The van der Waals surface area contributed by atoms with E-state index in [-0.39, 0.29) is 17.1 Å². The van der Waals surface area contributed by atoms with Gasteiger partial charge in [0.2, 0.25) is 0 Å². The Hall–Kier alpha value is -1.25. The molecule has 0 unspecified atom stereocenters. The molecular formula is C16H12BrCl2NO4Si. The summed E-state index contributed by atoms with van der Waals surface area (Å²) < 4.78 is 15.8. The number of aromatic hydroxyl groups is 1. The van der Waals surface area contributed by atoms with Crippen molar-refractivity contribution in [3.8, 4) is 17.2 Å². The van der Waals surface area contributed by atoms with E-state index in [1.165, 1.54) is 18.2 Å². The van der Waals surface area contributed by atoms with E-state index in [1.54, 1.807) is 12.1 Å². The fourth-order valence-corrected chi connectivity index (χ4v) is 5.01. The number of halogens is 3. The summed E-state index contributed by atoms with van der Waals surface area (Å²) in [6.45, 7) is 0.626. The third kappa shape index (κ3) is 4.48. The molecule has 0 radical (unpaired) electrons. The van der Waals surface area contributed by atoms with Gasteiger partial charge in [0.05, 0.1) is 21.8 Å². The van der Waals surface area contributed by atoms with Crippen LogP contribution in [0.15, 0.2) is 39.4 Å². The normalized spacial score (nSPS) is 15.6. The summed E-state index contributed by atoms with van der Waals surface area (Å²) in [5, 5.41) is 10.6. The number of phenolic OH excluding ortho intramolecular Hbond substituents is 1. The van der Waals surface area contributed by atoms with Gasteiger partial charge in [0.25, 0.3) is 5.91 Å². The molecule has 1 aliphatic rings. The van der Waals surface area contributed by atoms with Crippen molar-refractivity contribution in [2.24, 2.45) is 4.63 Å². The topological polar surface area (TPSA) is 68.1 Å². The van der Waals surface area contributed by atoms with Gasteiger partial charge in [0, 0.05) is 11.1 Å². The Balaban J connectivity index is 1.89. The summed E-state index contributed by atoms with van der Waals surface area (Å²) in [4.78, 5) is 12.3. The second-order valence-electron chi connectivity index (χ2n) is 5.27. The van der Waals surface area contributed by atoms with Crippen molar-refractivity contribution >= 4 is 53.6 Å².